The van der Waals surface area contributed by atoms with E-state index in [-0.39, 0.29) is 12.1 Å². The largest absolute Gasteiger partial charge is 0.441 e. The fourth-order valence-electron chi connectivity index (χ4n) is 2.37. The first-order valence-corrected chi connectivity index (χ1v) is 4.96. The number of carbonyl (C=O) groups is 1. The molecule has 0 spiro atoms. The molecule has 86 valence electrons. The van der Waals surface area contributed by atoms with Gasteiger partial charge < -0.3 is 25.2 Å². The number of aliphatic hydroxyl groups is 1. The summed E-state index contributed by atoms with van der Waals surface area (Å²) in [5.41, 5.74) is 5.75. The highest BCUT2D eigenvalue weighted by Gasteiger charge is 2.53. The molecule has 0 bridgehead atoms. The molecule has 3 N–H and O–H groups in total. The third-order valence-electron chi connectivity index (χ3n) is 3.27. The number of amides is 1. The lowest BCUT2D eigenvalue weighted by Crippen LogP contribution is -2.60. The Kier molecular flexibility index (Phi) is 2.57. The van der Waals surface area contributed by atoms with Crippen LogP contribution in [0.15, 0.2) is 0 Å². The van der Waals surface area contributed by atoms with Gasteiger partial charge in [0, 0.05) is 20.2 Å². The van der Waals surface area contributed by atoms with Gasteiger partial charge in [0.25, 0.3) is 0 Å². The summed E-state index contributed by atoms with van der Waals surface area (Å²) in [7, 11) is 3.21. The molecule has 15 heavy (non-hydrogen) atoms. The summed E-state index contributed by atoms with van der Waals surface area (Å²) in [5, 5.41) is 9.81. The number of hydrogen-bond acceptors (Lipinski definition) is 5. The minimum atomic E-state index is -0.810. The van der Waals surface area contributed by atoms with E-state index >= 15 is 0 Å². The molecule has 2 rings (SSSR count). The van der Waals surface area contributed by atoms with Gasteiger partial charge in [0.1, 0.15) is 12.1 Å². The lowest BCUT2D eigenvalue weighted by Gasteiger charge is -2.39. The maximum absolute atomic E-state index is 11.4. The Hall–Kier alpha value is -0.850. The smallest absolute Gasteiger partial charge is 0.410 e. The number of carbonyl (C=O) groups excluding carboxylic acids is 1. The number of ether oxygens (including phenoxy) is 2. The van der Waals surface area contributed by atoms with Crippen molar-refractivity contribution < 1.29 is 19.4 Å². The molecular formula is C9H16N2O4. The number of nitrogens with zero attached hydrogens (tertiary/aromatic N) is 1. The fourth-order valence-corrected chi connectivity index (χ4v) is 2.37. The molecule has 0 aromatic rings. The summed E-state index contributed by atoms with van der Waals surface area (Å²) < 4.78 is 10.3. The lowest BCUT2D eigenvalue weighted by molar-refractivity contribution is -0.0776. The molecule has 1 heterocycles. The Morgan fingerprint density at radius 2 is 2.33 bits per heavy atom. The average Bonchev–Trinajstić information content (AvgIpc) is 2.50. The number of aliphatic hydroxyl groups excluding tert-OH is 1. The van der Waals surface area contributed by atoms with Gasteiger partial charge in [-0.05, 0) is 6.42 Å². The van der Waals surface area contributed by atoms with Crippen molar-refractivity contribution in [2.75, 3.05) is 14.2 Å². The van der Waals surface area contributed by atoms with Gasteiger partial charge >= 0.3 is 6.09 Å². The fraction of sp³-hybridized carbons (Fsp3) is 0.889. The van der Waals surface area contributed by atoms with Gasteiger partial charge in [0.05, 0.1) is 6.10 Å². The minimum Gasteiger partial charge on any atom is -0.441 e. The Balaban J connectivity index is 2.24. The van der Waals surface area contributed by atoms with Crippen molar-refractivity contribution in [1.82, 2.24) is 4.90 Å². The van der Waals surface area contributed by atoms with Crippen molar-refractivity contribution in [2.24, 2.45) is 5.73 Å². The second kappa shape index (κ2) is 3.62. The molecule has 0 unspecified atom stereocenters. The summed E-state index contributed by atoms with van der Waals surface area (Å²) >= 11 is 0. The van der Waals surface area contributed by atoms with E-state index in [9.17, 15) is 9.90 Å². The summed E-state index contributed by atoms with van der Waals surface area (Å²) in [6.07, 6.45) is -1.46. The number of fused-ring (bicyclic) bond motifs is 1. The first kappa shape index (κ1) is 10.7. The maximum atomic E-state index is 11.4. The molecule has 6 heteroatoms. The highest BCUT2D eigenvalue weighted by molar-refractivity contribution is 5.70. The van der Waals surface area contributed by atoms with E-state index in [1.165, 1.54) is 4.90 Å². The molecule has 0 aromatic heterocycles. The van der Waals surface area contributed by atoms with Crippen molar-refractivity contribution >= 4 is 6.09 Å². The van der Waals surface area contributed by atoms with E-state index in [4.69, 9.17) is 15.2 Å². The molecule has 1 amide bonds. The Morgan fingerprint density at radius 1 is 1.67 bits per heavy atom. The number of methoxy groups -OCH3 is 1. The molecule has 1 aliphatic carbocycles. The predicted octanol–water partition coefficient (Wildman–Crippen LogP) is -1.09. The van der Waals surface area contributed by atoms with E-state index in [0.29, 0.717) is 6.42 Å². The molecule has 2 aliphatic rings. The van der Waals surface area contributed by atoms with Gasteiger partial charge in [-0.1, -0.05) is 0 Å². The summed E-state index contributed by atoms with van der Waals surface area (Å²) in [6.45, 7) is 0. The third kappa shape index (κ3) is 1.49. The quantitative estimate of drug-likeness (QED) is 0.582. The van der Waals surface area contributed by atoms with Crippen LogP contribution in [-0.4, -0.2) is 60.7 Å². The van der Waals surface area contributed by atoms with Crippen molar-refractivity contribution in [2.45, 2.75) is 36.8 Å². The van der Waals surface area contributed by atoms with Gasteiger partial charge in [-0.15, -0.1) is 0 Å². The molecule has 5 atom stereocenters. The van der Waals surface area contributed by atoms with Gasteiger partial charge in [0.15, 0.2) is 6.10 Å². The van der Waals surface area contributed by atoms with Gasteiger partial charge in [-0.25, -0.2) is 4.79 Å². The second-order valence-electron chi connectivity index (χ2n) is 4.11. The minimum absolute atomic E-state index is 0.176. The molecule has 1 saturated carbocycles. The zero-order chi connectivity index (χ0) is 11.2. The number of hydrogen-bond donors (Lipinski definition) is 2. The van der Waals surface area contributed by atoms with E-state index in [1.807, 2.05) is 0 Å². The summed E-state index contributed by atoms with van der Waals surface area (Å²) in [5.74, 6) is 0. The number of nitrogens with two attached hydrogens (primary N) is 1. The van der Waals surface area contributed by atoms with Crippen LogP contribution in [0.5, 0.6) is 0 Å². The zero-order valence-corrected chi connectivity index (χ0v) is 8.79. The first-order valence-electron chi connectivity index (χ1n) is 4.96. The summed E-state index contributed by atoms with van der Waals surface area (Å²) in [4.78, 5) is 12.8. The van der Waals surface area contributed by atoms with Crippen LogP contribution in [0.4, 0.5) is 4.79 Å². The van der Waals surface area contributed by atoms with Crippen molar-refractivity contribution in [3.05, 3.63) is 0 Å². The Bertz CT molecular complexity index is 273. The Labute approximate surface area is 87.9 Å². The van der Waals surface area contributed by atoms with E-state index in [2.05, 4.69) is 0 Å². The predicted molar refractivity (Wildman–Crippen MR) is 51.2 cm³/mol. The number of likely N-dealkylation sites (N-methyl/N-ethyl adjacent to an activating group) is 1. The number of rotatable bonds is 1. The normalized spacial score (nSPS) is 45.2. The van der Waals surface area contributed by atoms with Crippen LogP contribution in [0.2, 0.25) is 0 Å². The van der Waals surface area contributed by atoms with Gasteiger partial charge in [-0.2, -0.15) is 0 Å². The monoisotopic (exact) mass is 216 g/mol. The molecule has 0 radical (unpaired) electrons. The second-order valence-corrected chi connectivity index (χ2v) is 4.11. The maximum Gasteiger partial charge on any atom is 0.410 e. The summed E-state index contributed by atoms with van der Waals surface area (Å²) in [6, 6.07) is -0.646. The molecule has 1 saturated heterocycles. The average molecular weight is 216 g/mol. The van der Waals surface area contributed by atoms with E-state index < -0.39 is 24.3 Å². The van der Waals surface area contributed by atoms with Crippen LogP contribution < -0.4 is 5.73 Å². The third-order valence-corrected chi connectivity index (χ3v) is 3.27. The molecular weight excluding hydrogens is 200 g/mol. The standard InChI is InChI=1S/C9H16N2O4/c1-11-6-5(14-2)3-4(10)7(12)8(6)15-9(11)13/h4-8,12H,3,10H2,1-2H3/t4-,5+,6+,7-,8+/m1/s1. The Morgan fingerprint density at radius 3 is 2.93 bits per heavy atom. The zero-order valence-electron chi connectivity index (χ0n) is 8.79. The van der Waals surface area contributed by atoms with Crippen LogP contribution >= 0.6 is 0 Å². The van der Waals surface area contributed by atoms with Crippen molar-refractivity contribution in [3.63, 3.8) is 0 Å². The molecule has 6 nitrogen and oxygen atoms in total. The van der Waals surface area contributed by atoms with Crippen LogP contribution in [0.3, 0.4) is 0 Å². The van der Waals surface area contributed by atoms with Crippen LogP contribution in [0.1, 0.15) is 6.42 Å². The lowest BCUT2D eigenvalue weighted by atomic mass is 9.84. The SMILES string of the molecule is CO[C@H]1C[C@@H](N)[C@@H](O)[C@H]2OC(=O)N(C)[C@H]21. The van der Waals surface area contributed by atoms with Crippen LogP contribution in [-0.2, 0) is 9.47 Å². The van der Waals surface area contributed by atoms with Crippen LogP contribution in [0.25, 0.3) is 0 Å². The highest BCUT2D eigenvalue weighted by atomic mass is 16.6. The van der Waals surface area contributed by atoms with Crippen LogP contribution in [0, 0.1) is 0 Å². The molecule has 1 aliphatic heterocycles. The van der Waals surface area contributed by atoms with Gasteiger partial charge in [0.2, 0.25) is 0 Å². The van der Waals surface area contributed by atoms with E-state index in [0.717, 1.165) is 0 Å². The first-order chi connectivity index (χ1) is 7.06. The van der Waals surface area contributed by atoms with Gasteiger partial charge in [-0.3, -0.25) is 0 Å². The van der Waals surface area contributed by atoms with E-state index in [1.54, 1.807) is 14.2 Å². The highest BCUT2D eigenvalue weighted by Crippen LogP contribution is 2.32. The molecule has 0 aromatic carbocycles. The molecule has 2 fully saturated rings. The topological polar surface area (TPSA) is 85.0 Å². The van der Waals surface area contributed by atoms with Crippen molar-refractivity contribution in [1.29, 1.82) is 0 Å². The van der Waals surface area contributed by atoms with Crippen molar-refractivity contribution in [3.8, 4) is 0 Å².